The Morgan fingerprint density at radius 3 is 1.00 bits per heavy atom. The van der Waals surface area contributed by atoms with Gasteiger partial charge >= 0.3 is 5.97 Å². The van der Waals surface area contributed by atoms with E-state index in [-0.39, 0.29) is 13.0 Å². The molecule has 1 N–H and O–H groups in total. The molecule has 0 aliphatic carbocycles. The molecule has 232 valence electrons. The number of ether oxygens (including phenoxy) is 10. The minimum Gasteiger partial charge on any atom is -0.481 e. The van der Waals surface area contributed by atoms with Crippen LogP contribution in [0.4, 0.5) is 0 Å². The van der Waals surface area contributed by atoms with Crippen LogP contribution >= 0.6 is 0 Å². The molecule has 1 rings (SSSR count). The molecule has 12 heteroatoms. The highest BCUT2D eigenvalue weighted by Gasteiger charge is 1.98. The molecule has 0 spiro atoms. The molecule has 0 radical (unpaired) electrons. The zero-order chi connectivity index (χ0) is 28.6. The zero-order valence-corrected chi connectivity index (χ0v) is 23.7. The molecule has 0 saturated heterocycles. The number of hydrogen-bond donors (Lipinski definition) is 1. The molecule has 0 aliphatic rings. The van der Waals surface area contributed by atoms with Crippen LogP contribution in [-0.4, -0.2) is 137 Å². The van der Waals surface area contributed by atoms with Gasteiger partial charge in [-0.15, -0.1) is 0 Å². The Kier molecular flexibility index (Phi) is 27.5. The fourth-order valence-electron chi connectivity index (χ4n) is 2.90. The first-order chi connectivity index (χ1) is 19.8. The largest absolute Gasteiger partial charge is 0.481 e. The first-order valence-electron chi connectivity index (χ1n) is 13.8. The van der Waals surface area contributed by atoms with Gasteiger partial charge in [-0.3, -0.25) is 4.79 Å². The van der Waals surface area contributed by atoms with Crippen molar-refractivity contribution < 1.29 is 57.3 Å². The summed E-state index contributed by atoms with van der Waals surface area (Å²) >= 11 is 0. The van der Waals surface area contributed by atoms with Crippen LogP contribution in [0, 0.1) is 0 Å². The summed E-state index contributed by atoms with van der Waals surface area (Å²) in [6, 6.07) is 10.1. The molecule has 1 aromatic rings. The van der Waals surface area contributed by atoms with Crippen LogP contribution in [0.3, 0.4) is 0 Å². The van der Waals surface area contributed by atoms with Gasteiger partial charge < -0.3 is 52.5 Å². The van der Waals surface area contributed by atoms with Crippen LogP contribution < -0.4 is 0 Å². The molecule has 0 aromatic heterocycles. The average Bonchev–Trinajstić information content (AvgIpc) is 2.96. The summed E-state index contributed by atoms with van der Waals surface area (Å²) in [6.45, 7) is 9.63. The minimum absolute atomic E-state index is 0.000475. The van der Waals surface area contributed by atoms with Gasteiger partial charge in [-0.2, -0.15) is 0 Å². The van der Waals surface area contributed by atoms with Crippen molar-refractivity contribution in [3.05, 3.63) is 35.9 Å². The van der Waals surface area contributed by atoms with Crippen LogP contribution in [0.5, 0.6) is 0 Å². The number of rotatable bonds is 32. The number of carboxylic acid groups (broad SMARTS) is 1. The Morgan fingerprint density at radius 2 is 0.700 bits per heavy atom. The Labute approximate surface area is 238 Å². The quantitative estimate of drug-likeness (QED) is 0.126. The Bertz CT molecular complexity index is 649. The average molecular weight is 577 g/mol. The molecular formula is C28H48O12. The number of carbonyl (C=O) groups is 1. The van der Waals surface area contributed by atoms with Crippen molar-refractivity contribution in [2.24, 2.45) is 0 Å². The van der Waals surface area contributed by atoms with Gasteiger partial charge in [0.25, 0.3) is 0 Å². The molecule has 0 amide bonds. The molecule has 0 atom stereocenters. The lowest BCUT2D eigenvalue weighted by atomic mass is 10.2. The lowest BCUT2D eigenvalue weighted by Crippen LogP contribution is -2.15. The Morgan fingerprint density at radius 1 is 0.425 bits per heavy atom. The van der Waals surface area contributed by atoms with E-state index in [1.165, 1.54) is 0 Å². The highest BCUT2D eigenvalue weighted by molar-refractivity contribution is 5.66. The number of hydrogen-bond acceptors (Lipinski definition) is 11. The number of benzene rings is 1. The fourth-order valence-corrected chi connectivity index (χ4v) is 2.90. The van der Waals surface area contributed by atoms with E-state index in [1.54, 1.807) is 0 Å². The summed E-state index contributed by atoms with van der Waals surface area (Å²) < 4.78 is 54.1. The third kappa shape index (κ3) is 27.8. The zero-order valence-electron chi connectivity index (χ0n) is 23.7. The van der Waals surface area contributed by atoms with E-state index in [2.05, 4.69) is 0 Å². The van der Waals surface area contributed by atoms with Crippen molar-refractivity contribution in [3.63, 3.8) is 0 Å². The van der Waals surface area contributed by atoms with Crippen molar-refractivity contribution in [1.82, 2.24) is 0 Å². The first-order valence-corrected chi connectivity index (χ1v) is 13.8. The predicted octanol–water partition coefficient (Wildman–Crippen LogP) is 1.83. The first kappa shape index (κ1) is 36.3. The maximum absolute atomic E-state index is 10.3. The van der Waals surface area contributed by atoms with Gasteiger partial charge in [-0.1, -0.05) is 30.3 Å². The summed E-state index contributed by atoms with van der Waals surface area (Å²) in [6.07, 6.45) is 0.000475. The topological polar surface area (TPSA) is 130 Å². The van der Waals surface area contributed by atoms with E-state index in [1.807, 2.05) is 30.3 Å². The molecule has 0 aliphatic heterocycles. The number of carboxylic acids is 1. The molecule has 1 aromatic carbocycles. The van der Waals surface area contributed by atoms with Crippen LogP contribution in [0.15, 0.2) is 30.3 Å². The van der Waals surface area contributed by atoms with E-state index >= 15 is 0 Å². The second kappa shape index (κ2) is 30.3. The predicted molar refractivity (Wildman–Crippen MR) is 146 cm³/mol. The SMILES string of the molecule is O=C(O)CCOCCOCCOCCOCCOCCOCCOCCOCCOCCOCc1ccccc1. The van der Waals surface area contributed by atoms with Crippen molar-refractivity contribution in [1.29, 1.82) is 0 Å². The van der Waals surface area contributed by atoms with Crippen LogP contribution in [-0.2, 0) is 58.8 Å². The van der Waals surface area contributed by atoms with Crippen molar-refractivity contribution in [2.75, 3.05) is 126 Å². The highest BCUT2D eigenvalue weighted by atomic mass is 16.6. The van der Waals surface area contributed by atoms with Gasteiger partial charge in [-0.05, 0) is 5.56 Å². The van der Waals surface area contributed by atoms with Gasteiger partial charge in [0.1, 0.15) is 0 Å². The molecule has 0 saturated carbocycles. The smallest absolute Gasteiger partial charge is 0.305 e. The molecule has 0 bridgehead atoms. The molecule has 40 heavy (non-hydrogen) atoms. The second-order valence-corrected chi connectivity index (χ2v) is 8.19. The van der Waals surface area contributed by atoms with E-state index in [0.29, 0.717) is 126 Å². The number of aliphatic carboxylic acids is 1. The maximum atomic E-state index is 10.3. The maximum Gasteiger partial charge on any atom is 0.305 e. The summed E-state index contributed by atoms with van der Waals surface area (Å²) in [5.74, 6) is -0.872. The van der Waals surface area contributed by atoms with Crippen LogP contribution in [0.1, 0.15) is 12.0 Å². The lowest BCUT2D eigenvalue weighted by molar-refractivity contribution is -0.138. The van der Waals surface area contributed by atoms with Gasteiger partial charge in [0, 0.05) is 0 Å². The molecule has 0 fully saturated rings. The van der Waals surface area contributed by atoms with E-state index in [9.17, 15) is 4.79 Å². The van der Waals surface area contributed by atoms with Crippen LogP contribution in [0.25, 0.3) is 0 Å². The normalized spacial score (nSPS) is 11.3. The van der Waals surface area contributed by atoms with E-state index in [4.69, 9.17) is 52.5 Å². The summed E-state index contributed by atoms with van der Waals surface area (Å²) in [5.41, 5.74) is 1.15. The standard InChI is InChI=1S/C28H48O12/c29-28(30)6-7-31-8-9-32-10-11-33-12-13-34-14-15-35-16-17-36-18-19-37-20-21-38-22-23-39-24-25-40-26-27-4-2-1-3-5-27/h1-5H,6-26H2,(H,29,30). The van der Waals surface area contributed by atoms with Crippen molar-refractivity contribution >= 4 is 5.97 Å². The highest BCUT2D eigenvalue weighted by Crippen LogP contribution is 2.00. The van der Waals surface area contributed by atoms with Crippen molar-refractivity contribution in [3.8, 4) is 0 Å². The van der Waals surface area contributed by atoms with Gasteiger partial charge in [-0.25, -0.2) is 0 Å². The third-order valence-corrected chi connectivity index (χ3v) is 4.92. The third-order valence-electron chi connectivity index (χ3n) is 4.92. The summed E-state index contributed by atoms with van der Waals surface area (Å²) in [7, 11) is 0. The second-order valence-electron chi connectivity index (χ2n) is 8.19. The summed E-state index contributed by atoms with van der Waals surface area (Å²) in [5, 5.41) is 8.47. The van der Waals surface area contributed by atoms with Gasteiger partial charge in [0.05, 0.1) is 139 Å². The van der Waals surface area contributed by atoms with E-state index < -0.39 is 5.97 Å². The summed E-state index contributed by atoms with van der Waals surface area (Å²) in [4.78, 5) is 10.3. The Hall–Kier alpha value is -1.71. The monoisotopic (exact) mass is 576 g/mol. The lowest BCUT2D eigenvalue weighted by Gasteiger charge is -2.09. The molecular weight excluding hydrogens is 528 g/mol. The van der Waals surface area contributed by atoms with Crippen molar-refractivity contribution in [2.45, 2.75) is 13.0 Å². The van der Waals surface area contributed by atoms with E-state index in [0.717, 1.165) is 5.56 Å². The molecule has 12 nitrogen and oxygen atoms in total. The Balaban J connectivity index is 1.62. The van der Waals surface area contributed by atoms with Gasteiger partial charge in [0.15, 0.2) is 0 Å². The fraction of sp³-hybridized carbons (Fsp3) is 0.750. The van der Waals surface area contributed by atoms with Gasteiger partial charge in [0.2, 0.25) is 0 Å². The minimum atomic E-state index is -0.872. The van der Waals surface area contributed by atoms with Crippen LogP contribution in [0.2, 0.25) is 0 Å². The molecule has 0 heterocycles. The molecule has 0 unspecified atom stereocenters.